The first-order valence-electron chi connectivity index (χ1n) is 12.1. The lowest BCUT2D eigenvalue weighted by molar-refractivity contribution is -0.125. The Bertz CT molecular complexity index is 1520. The molecule has 6 rings (SSSR count). The Labute approximate surface area is 210 Å². The number of ketones is 2. The summed E-state index contributed by atoms with van der Waals surface area (Å²) in [6, 6.07) is 7.33. The first-order valence-corrected chi connectivity index (χ1v) is 15.4. The van der Waals surface area contributed by atoms with Gasteiger partial charge in [-0.25, -0.2) is 0 Å². The largest absolute Gasteiger partial charge is 0.294 e. The van der Waals surface area contributed by atoms with Crippen molar-refractivity contribution < 1.29 is 35.5 Å². The fourth-order valence-electron chi connectivity index (χ4n) is 7.87. The monoisotopic (exact) mass is 532 g/mol. The highest BCUT2D eigenvalue weighted by molar-refractivity contribution is 7.86. The summed E-state index contributed by atoms with van der Waals surface area (Å²) in [6.07, 6.45) is 5.92. The van der Waals surface area contributed by atoms with E-state index in [1.807, 2.05) is 31.2 Å². The molecule has 5 aliphatic carbocycles. The minimum Gasteiger partial charge on any atom is -0.294 e. The molecule has 0 aliphatic heterocycles. The van der Waals surface area contributed by atoms with Crippen molar-refractivity contribution in [3.8, 4) is 0 Å². The second-order valence-corrected chi connectivity index (χ2v) is 14.7. The van der Waals surface area contributed by atoms with Crippen molar-refractivity contribution in [2.45, 2.75) is 39.5 Å². The number of carbonyl (C=O) groups is 2. The van der Waals surface area contributed by atoms with Crippen LogP contribution in [0.1, 0.15) is 50.7 Å². The lowest BCUT2D eigenvalue weighted by Crippen LogP contribution is -2.41. The Hall–Kier alpha value is -2.14. The van der Waals surface area contributed by atoms with Crippen LogP contribution >= 0.6 is 0 Å². The summed E-state index contributed by atoms with van der Waals surface area (Å²) in [5, 5.41) is 0. The van der Waals surface area contributed by atoms with Gasteiger partial charge >= 0.3 is 0 Å². The molecule has 192 valence electrons. The molecule has 0 amide bonds. The van der Waals surface area contributed by atoms with Crippen molar-refractivity contribution in [3.63, 3.8) is 0 Å². The van der Waals surface area contributed by atoms with Crippen LogP contribution in [0.3, 0.4) is 0 Å². The molecule has 5 fully saturated rings. The molecule has 5 saturated carbocycles. The third-order valence-electron chi connectivity index (χ3n) is 10.0. The molecule has 0 heterocycles. The van der Waals surface area contributed by atoms with Gasteiger partial charge in [-0.15, -0.1) is 0 Å². The topological polar surface area (TPSA) is 143 Å². The van der Waals surface area contributed by atoms with Crippen LogP contribution in [0.15, 0.2) is 35.4 Å². The predicted molar refractivity (Wildman–Crippen MR) is 132 cm³/mol. The fourth-order valence-corrected chi connectivity index (χ4v) is 10.3. The molecular weight excluding hydrogens is 504 g/mol. The van der Waals surface area contributed by atoms with Gasteiger partial charge in [0.25, 0.3) is 20.2 Å². The van der Waals surface area contributed by atoms with E-state index in [4.69, 9.17) is 0 Å². The van der Waals surface area contributed by atoms with Crippen LogP contribution < -0.4 is 0 Å². The molecule has 6 unspecified atom stereocenters. The number of hydrogen-bond donors (Lipinski definition) is 2. The van der Waals surface area contributed by atoms with Gasteiger partial charge in [-0.05, 0) is 71.6 Å². The van der Waals surface area contributed by atoms with Crippen molar-refractivity contribution in [1.82, 2.24) is 0 Å². The van der Waals surface area contributed by atoms with Gasteiger partial charge in [-0.1, -0.05) is 38.1 Å². The SMILES string of the molecule is CCC1(CS(=O)(=O)O)C(=O)/C(=C\c2ccc(/C=C3\C(=O)C4(CS(=O)(=O)O)CC45CC35)cc2)C2CC21C. The molecule has 1 spiro atoms. The van der Waals surface area contributed by atoms with Gasteiger partial charge in [-0.3, -0.25) is 18.7 Å². The van der Waals surface area contributed by atoms with Crippen LogP contribution in [-0.4, -0.2) is 49.0 Å². The highest BCUT2D eigenvalue weighted by Crippen LogP contribution is 2.89. The highest BCUT2D eigenvalue weighted by Gasteiger charge is 2.89. The number of rotatable bonds is 7. The molecule has 36 heavy (non-hydrogen) atoms. The molecule has 0 saturated heterocycles. The standard InChI is InChI=1S/C26H28O8S2/c1-3-24(13-35(29,30)31)21(27)17(19-10-23(19,24)2)8-15-4-6-16(7-5-15)9-18-20-11-25(20)12-26(25,22(18)28)14-36(32,33)34/h4-9,19-20H,3,10-14H2,1-2H3,(H,29,30,31)(H,32,33,34)/b17-8-,18-9-. The first kappa shape index (κ1) is 24.2. The Morgan fingerprint density at radius 1 is 0.861 bits per heavy atom. The Morgan fingerprint density at radius 3 is 1.89 bits per heavy atom. The predicted octanol–water partition coefficient (Wildman–Crippen LogP) is 3.21. The average molecular weight is 533 g/mol. The van der Waals surface area contributed by atoms with E-state index < -0.39 is 48.0 Å². The molecule has 0 radical (unpaired) electrons. The molecule has 8 nitrogen and oxygen atoms in total. The lowest BCUT2D eigenvalue weighted by Gasteiger charge is -2.32. The average Bonchev–Trinajstić information content (AvgIpc) is 3.70. The van der Waals surface area contributed by atoms with E-state index in [-0.39, 0.29) is 28.8 Å². The highest BCUT2D eigenvalue weighted by atomic mass is 32.2. The van der Waals surface area contributed by atoms with E-state index >= 15 is 0 Å². The molecule has 5 aliphatic rings. The third-order valence-corrected chi connectivity index (χ3v) is 11.8. The first-order chi connectivity index (χ1) is 16.6. The summed E-state index contributed by atoms with van der Waals surface area (Å²) in [7, 11) is -8.56. The van der Waals surface area contributed by atoms with E-state index in [2.05, 4.69) is 0 Å². The molecule has 1 aromatic carbocycles. The number of benzene rings is 1. The van der Waals surface area contributed by atoms with Crippen LogP contribution in [0, 0.1) is 33.5 Å². The van der Waals surface area contributed by atoms with Crippen molar-refractivity contribution in [1.29, 1.82) is 0 Å². The maximum absolute atomic E-state index is 13.4. The van der Waals surface area contributed by atoms with Gasteiger partial charge in [0.05, 0.1) is 22.3 Å². The number of hydrogen-bond acceptors (Lipinski definition) is 6. The van der Waals surface area contributed by atoms with Gasteiger partial charge in [-0.2, -0.15) is 16.8 Å². The Morgan fingerprint density at radius 2 is 1.39 bits per heavy atom. The summed E-state index contributed by atoms with van der Waals surface area (Å²) in [6.45, 7) is 3.70. The molecule has 6 atom stereocenters. The third kappa shape index (κ3) is 3.10. The van der Waals surface area contributed by atoms with Gasteiger partial charge in [0.1, 0.15) is 0 Å². The summed E-state index contributed by atoms with van der Waals surface area (Å²) >= 11 is 0. The van der Waals surface area contributed by atoms with E-state index in [1.165, 1.54) is 0 Å². The summed E-state index contributed by atoms with van der Waals surface area (Å²) in [4.78, 5) is 26.4. The van der Waals surface area contributed by atoms with E-state index in [1.54, 1.807) is 19.1 Å². The Kier molecular flexibility index (Phi) is 4.60. The fraction of sp³-hybridized carbons (Fsp3) is 0.538. The van der Waals surface area contributed by atoms with E-state index in [0.29, 0.717) is 30.4 Å². The van der Waals surface area contributed by atoms with Crippen molar-refractivity contribution >= 4 is 44.0 Å². The zero-order chi connectivity index (χ0) is 26.1. The van der Waals surface area contributed by atoms with Crippen LogP contribution in [-0.2, 0) is 29.8 Å². The van der Waals surface area contributed by atoms with Crippen LogP contribution in [0.25, 0.3) is 12.2 Å². The normalized spacial score (nSPS) is 42.4. The quantitative estimate of drug-likeness (QED) is 0.403. The molecule has 2 N–H and O–H groups in total. The summed E-state index contributed by atoms with van der Waals surface area (Å²) in [5.41, 5.74) is -0.0794. The molecule has 1 aromatic rings. The number of allylic oxidation sites excluding steroid dienone is 2. The molecule has 0 bridgehead atoms. The number of carbonyl (C=O) groups excluding carboxylic acids is 2. The minimum atomic E-state index is -4.32. The second kappa shape index (κ2) is 6.83. The lowest BCUT2D eigenvalue weighted by atomic mass is 9.72. The molecular formula is C26H28O8S2. The smallest absolute Gasteiger partial charge is 0.265 e. The number of fused-ring (bicyclic) bond motifs is 1. The van der Waals surface area contributed by atoms with Gasteiger partial charge in [0.2, 0.25) is 0 Å². The maximum Gasteiger partial charge on any atom is 0.265 e. The van der Waals surface area contributed by atoms with Crippen molar-refractivity contribution in [3.05, 3.63) is 46.5 Å². The maximum atomic E-state index is 13.4. The van der Waals surface area contributed by atoms with Crippen LogP contribution in [0.2, 0.25) is 0 Å². The van der Waals surface area contributed by atoms with Crippen LogP contribution in [0.5, 0.6) is 0 Å². The zero-order valence-electron chi connectivity index (χ0n) is 20.0. The van der Waals surface area contributed by atoms with Gasteiger partial charge in [0, 0.05) is 11.1 Å². The second-order valence-electron chi connectivity index (χ2n) is 11.8. The number of Topliss-reactive ketones (excluding diaryl/α,β-unsaturated/α-hetero) is 2. The van der Waals surface area contributed by atoms with Crippen molar-refractivity contribution in [2.75, 3.05) is 11.5 Å². The minimum absolute atomic E-state index is 0.0404. The van der Waals surface area contributed by atoms with E-state index in [9.17, 15) is 35.5 Å². The molecule has 0 aromatic heterocycles. The van der Waals surface area contributed by atoms with Gasteiger partial charge in [0.15, 0.2) is 11.6 Å². The van der Waals surface area contributed by atoms with Crippen molar-refractivity contribution in [2.24, 2.45) is 33.5 Å². The zero-order valence-corrected chi connectivity index (χ0v) is 21.7. The summed E-state index contributed by atoms with van der Waals surface area (Å²) in [5.74, 6) is -1.47. The van der Waals surface area contributed by atoms with Gasteiger partial charge < -0.3 is 0 Å². The molecule has 10 heteroatoms. The van der Waals surface area contributed by atoms with E-state index in [0.717, 1.165) is 17.5 Å². The van der Waals surface area contributed by atoms with Crippen LogP contribution in [0.4, 0.5) is 0 Å². The Balaban J connectivity index is 1.25. The summed E-state index contributed by atoms with van der Waals surface area (Å²) < 4.78 is 65.3.